The van der Waals surface area contributed by atoms with E-state index in [9.17, 15) is 32.3 Å². The maximum absolute atomic E-state index is 13.3. The summed E-state index contributed by atoms with van der Waals surface area (Å²) in [6.45, 7) is 4.75. The van der Waals surface area contributed by atoms with Crippen molar-refractivity contribution >= 4 is 28.5 Å². The van der Waals surface area contributed by atoms with Crippen molar-refractivity contribution in [3.63, 3.8) is 0 Å². The van der Waals surface area contributed by atoms with Gasteiger partial charge in [-0.05, 0) is 75.8 Å². The zero-order chi connectivity index (χ0) is 29.5. The first-order valence-electron chi connectivity index (χ1n) is 13.6. The predicted octanol–water partition coefficient (Wildman–Crippen LogP) is 3.99. The third-order valence-electron chi connectivity index (χ3n) is 7.44. The van der Waals surface area contributed by atoms with Crippen molar-refractivity contribution in [2.75, 3.05) is 18.4 Å². The molecule has 1 atom stereocenters. The van der Waals surface area contributed by atoms with Crippen LogP contribution in [0, 0.1) is 5.92 Å². The molecule has 2 aromatic heterocycles. The molecular formula is C28H31F3N6O4. The Bertz CT molecular complexity index is 1590. The summed E-state index contributed by atoms with van der Waals surface area (Å²) < 4.78 is 41.2. The van der Waals surface area contributed by atoms with Crippen LogP contribution in [-0.2, 0) is 12.7 Å². The van der Waals surface area contributed by atoms with Gasteiger partial charge in [-0.3, -0.25) is 23.7 Å². The van der Waals surface area contributed by atoms with E-state index in [1.165, 1.54) is 9.47 Å². The van der Waals surface area contributed by atoms with Gasteiger partial charge in [-0.15, -0.1) is 0 Å². The molecule has 0 bridgehead atoms. The van der Waals surface area contributed by atoms with Crippen LogP contribution in [0.1, 0.15) is 61.6 Å². The summed E-state index contributed by atoms with van der Waals surface area (Å²) in [6, 6.07) is 5.68. The topological polar surface area (TPSA) is 118 Å². The molecule has 2 N–H and O–H groups in total. The van der Waals surface area contributed by atoms with Crippen LogP contribution in [0.15, 0.2) is 46.1 Å². The second-order valence-corrected chi connectivity index (χ2v) is 11.0. The fraction of sp³-hybridized carbons (Fsp3) is 0.464. The number of hydrogen-bond acceptors (Lipinski definition) is 5. The normalized spacial score (nSPS) is 17.6. The average Bonchev–Trinajstić information content (AvgIpc) is 3.75. The summed E-state index contributed by atoms with van der Waals surface area (Å²) in [7, 11) is 0. The Kier molecular flexibility index (Phi) is 7.62. The Morgan fingerprint density at radius 2 is 1.85 bits per heavy atom. The molecule has 10 nitrogen and oxygen atoms in total. The molecule has 0 radical (unpaired) electrons. The molecule has 1 aromatic carbocycles. The van der Waals surface area contributed by atoms with Gasteiger partial charge in [0.25, 0.3) is 11.5 Å². The van der Waals surface area contributed by atoms with E-state index < -0.39 is 29.7 Å². The highest BCUT2D eigenvalue weighted by Gasteiger charge is 2.31. The Morgan fingerprint density at radius 1 is 1.10 bits per heavy atom. The van der Waals surface area contributed by atoms with Gasteiger partial charge in [0.1, 0.15) is 5.69 Å². The summed E-state index contributed by atoms with van der Waals surface area (Å²) in [5, 5.41) is 5.89. The fourth-order valence-electron chi connectivity index (χ4n) is 5.12. The van der Waals surface area contributed by atoms with Crippen LogP contribution in [-0.4, -0.2) is 50.1 Å². The van der Waals surface area contributed by atoms with E-state index >= 15 is 0 Å². The molecule has 3 amide bonds. The van der Waals surface area contributed by atoms with Crippen molar-refractivity contribution in [3.05, 3.63) is 68.6 Å². The molecule has 1 aliphatic carbocycles. The largest absolute Gasteiger partial charge is 0.417 e. The van der Waals surface area contributed by atoms with Gasteiger partial charge in [0.15, 0.2) is 0 Å². The lowest BCUT2D eigenvalue weighted by atomic mass is 10.1. The number of anilines is 1. The van der Waals surface area contributed by atoms with E-state index in [0.29, 0.717) is 54.6 Å². The van der Waals surface area contributed by atoms with Crippen molar-refractivity contribution in [1.29, 1.82) is 0 Å². The number of rotatable bonds is 6. The number of aromatic nitrogens is 3. The maximum atomic E-state index is 13.3. The third kappa shape index (κ3) is 6.13. The van der Waals surface area contributed by atoms with Crippen LogP contribution in [0.2, 0.25) is 0 Å². The van der Waals surface area contributed by atoms with Crippen molar-refractivity contribution < 1.29 is 22.8 Å². The molecule has 218 valence electrons. The molecule has 3 aromatic rings. The van der Waals surface area contributed by atoms with Crippen LogP contribution in [0.4, 0.5) is 23.7 Å². The number of pyridine rings is 1. The summed E-state index contributed by atoms with van der Waals surface area (Å²) in [4.78, 5) is 57.2. The number of amides is 3. The minimum Gasteiger partial charge on any atom is -0.346 e. The van der Waals surface area contributed by atoms with Crippen LogP contribution in [0.25, 0.3) is 10.9 Å². The van der Waals surface area contributed by atoms with E-state index in [2.05, 4.69) is 15.6 Å². The monoisotopic (exact) mass is 572 g/mol. The number of carbonyl (C=O) groups is 2. The smallest absolute Gasteiger partial charge is 0.346 e. The lowest BCUT2D eigenvalue weighted by Crippen LogP contribution is -2.50. The second kappa shape index (κ2) is 11.0. The van der Waals surface area contributed by atoms with Crippen molar-refractivity contribution in [3.8, 4) is 0 Å². The molecule has 41 heavy (non-hydrogen) atoms. The molecule has 5 rings (SSSR count). The first-order chi connectivity index (χ1) is 19.4. The number of urea groups is 1. The highest BCUT2D eigenvalue weighted by Crippen LogP contribution is 2.30. The number of fused-ring (bicyclic) bond motifs is 1. The first-order valence-corrected chi connectivity index (χ1v) is 13.6. The molecule has 2 fully saturated rings. The van der Waals surface area contributed by atoms with E-state index in [4.69, 9.17) is 0 Å². The Morgan fingerprint density at radius 3 is 2.49 bits per heavy atom. The van der Waals surface area contributed by atoms with Gasteiger partial charge in [-0.25, -0.2) is 9.59 Å². The molecule has 13 heteroatoms. The van der Waals surface area contributed by atoms with Crippen LogP contribution in [0.5, 0.6) is 0 Å². The number of carbonyl (C=O) groups excluding carboxylic acids is 2. The van der Waals surface area contributed by atoms with Crippen molar-refractivity contribution in [2.24, 2.45) is 5.92 Å². The summed E-state index contributed by atoms with van der Waals surface area (Å²) in [5.74, 6) is -0.303. The highest BCUT2D eigenvalue weighted by molar-refractivity contribution is 5.94. The van der Waals surface area contributed by atoms with E-state index in [-0.39, 0.29) is 29.5 Å². The number of nitrogens with one attached hydrogen (secondary N) is 2. The molecule has 0 unspecified atom stereocenters. The minimum absolute atomic E-state index is 0.150. The fourth-order valence-corrected chi connectivity index (χ4v) is 5.12. The summed E-state index contributed by atoms with van der Waals surface area (Å²) in [6.07, 6.45) is -0.784. The Hall–Kier alpha value is -4.16. The summed E-state index contributed by atoms with van der Waals surface area (Å²) >= 11 is 0. The molecular weight excluding hydrogens is 541 g/mol. The van der Waals surface area contributed by atoms with E-state index in [1.54, 1.807) is 22.8 Å². The Labute approximate surface area is 233 Å². The van der Waals surface area contributed by atoms with Gasteiger partial charge in [-0.2, -0.15) is 13.2 Å². The molecule has 1 saturated heterocycles. The van der Waals surface area contributed by atoms with Crippen LogP contribution in [0.3, 0.4) is 0 Å². The maximum Gasteiger partial charge on any atom is 0.417 e. The van der Waals surface area contributed by atoms with Gasteiger partial charge < -0.3 is 15.5 Å². The number of piperidine rings is 1. The van der Waals surface area contributed by atoms with Crippen LogP contribution < -0.4 is 21.9 Å². The average molecular weight is 573 g/mol. The number of hydrogen-bond donors (Lipinski definition) is 2. The zero-order valence-electron chi connectivity index (χ0n) is 22.7. The van der Waals surface area contributed by atoms with Crippen LogP contribution >= 0.6 is 0 Å². The number of nitrogens with zero attached hydrogens (tertiary/aromatic N) is 4. The first kappa shape index (κ1) is 28.4. The van der Waals surface area contributed by atoms with E-state index in [0.717, 1.165) is 25.0 Å². The number of halogens is 3. The van der Waals surface area contributed by atoms with E-state index in [1.807, 2.05) is 13.8 Å². The van der Waals surface area contributed by atoms with Gasteiger partial charge in [0.05, 0.1) is 16.5 Å². The molecule has 3 heterocycles. The third-order valence-corrected chi connectivity index (χ3v) is 7.44. The SMILES string of the molecule is CC(C)n1c(=O)n(CC2CC2)c(=O)c2cc(NC(=O)N3CCC[C@@H](NC(=O)c4ccc(C(F)(F)F)cn4)C3)ccc21. The zero-order valence-corrected chi connectivity index (χ0v) is 22.7. The minimum atomic E-state index is -4.55. The van der Waals surface area contributed by atoms with Gasteiger partial charge in [0.2, 0.25) is 0 Å². The number of alkyl halides is 3. The van der Waals surface area contributed by atoms with Crippen molar-refractivity contribution in [1.82, 2.24) is 24.3 Å². The number of likely N-dealkylation sites (tertiary alicyclic amines) is 1. The van der Waals surface area contributed by atoms with Gasteiger partial charge in [0, 0.05) is 43.6 Å². The summed E-state index contributed by atoms with van der Waals surface area (Å²) in [5.41, 5.74) is -0.929. The standard InChI is InChI=1S/C28H31F3N6O4/c1-16(2)37-23-10-8-19(12-21(23)25(39)36(27(37)41)14-17-5-6-17)34-26(40)35-11-3-4-20(15-35)33-24(38)22-9-7-18(13-32-22)28(29,30)31/h7-10,12-13,16-17,20H,3-6,11,14-15H2,1-2H3,(H,33,38)(H,34,40)/t20-/m1/s1. The highest BCUT2D eigenvalue weighted by atomic mass is 19.4. The van der Waals surface area contributed by atoms with Gasteiger partial charge in [-0.1, -0.05) is 0 Å². The second-order valence-electron chi connectivity index (χ2n) is 11.0. The predicted molar refractivity (Wildman–Crippen MR) is 146 cm³/mol. The molecule has 1 aliphatic heterocycles. The Balaban J connectivity index is 1.29. The quantitative estimate of drug-likeness (QED) is 0.463. The number of benzene rings is 1. The lowest BCUT2D eigenvalue weighted by molar-refractivity contribution is -0.137. The molecule has 0 spiro atoms. The van der Waals surface area contributed by atoms with Gasteiger partial charge >= 0.3 is 17.9 Å². The molecule has 2 aliphatic rings. The lowest BCUT2D eigenvalue weighted by Gasteiger charge is -2.33. The van der Waals surface area contributed by atoms with Crippen molar-refractivity contribution in [2.45, 2.75) is 64.3 Å². The molecule has 1 saturated carbocycles.